The monoisotopic (exact) mass is 466 g/mol. The molecule has 0 radical (unpaired) electrons. The number of thioether (sulfide) groups is 1. The van der Waals surface area contributed by atoms with Crippen LogP contribution < -0.4 is 10.1 Å². The number of amides is 2. The quantitative estimate of drug-likeness (QED) is 0.500. The van der Waals surface area contributed by atoms with Crippen LogP contribution >= 0.6 is 24.0 Å². The van der Waals surface area contributed by atoms with Gasteiger partial charge in [0, 0.05) is 5.69 Å². The zero-order chi connectivity index (χ0) is 22.8. The number of hydrogen-bond acceptors (Lipinski definition) is 5. The van der Waals surface area contributed by atoms with E-state index in [4.69, 9.17) is 17.0 Å². The molecule has 2 amide bonds. The van der Waals surface area contributed by atoms with Crippen LogP contribution in [0.4, 0.5) is 18.9 Å². The molecule has 162 valence electrons. The van der Waals surface area contributed by atoms with Gasteiger partial charge in [0.15, 0.2) is 0 Å². The summed E-state index contributed by atoms with van der Waals surface area (Å²) >= 11 is 6.31. The number of nitrogens with zero attached hydrogens (tertiary/aromatic N) is 1. The number of benzene rings is 2. The minimum absolute atomic E-state index is 0.0223. The summed E-state index contributed by atoms with van der Waals surface area (Å²) < 4.78 is 43.9. The summed E-state index contributed by atoms with van der Waals surface area (Å²) in [6, 6.07) is 10.3. The SMILES string of the molecule is COc1ccc(/C=C2\SC(=S)N(C(C)C(=O)Nc3cccc(C(F)(F)F)c3)C2=O)cc1. The Kier molecular flexibility index (Phi) is 6.71. The van der Waals surface area contributed by atoms with E-state index >= 15 is 0 Å². The molecule has 10 heteroatoms. The third-order valence-electron chi connectivity index (χ3n) is 4.46. The first-order valence-electron chi connectivity index (χ1n) is 8.99. The van der Waals surface area contributed by atoms with Crippen molar-refractivity contribution in [3.63, 3.8) is 0 Å². The van der Waals surface area contributed by atoms with Gasteiger partial charge in [0.05, 0.1) is 17.6 Å². The van der Waals surface area contributed by atoms with E-state index in [1.807, 2.05) is 0 Å². The first-order chi connectivity index (χ1) is 14.6. The van der Waals surface area contributed by atoms with E-state index in [0.717, 1.165) is 34.4 Å². The number of thiocarbonyl (C=S) groups is 1. The Hall–Kier alpha value is -2.85. The fourth-order valence-electron chi connectivity index (χ4n) is 2.80. The second-order valence-electron chi connectivity index (χ2n) is 6.57. The molecule has 1 saturated heterocycles. The lowest BCUT2D eigenvalue weighted by Crippen LogP contribution is -2.44. The van der Waals surface area contributed by atoms with Crippen molar-refractivity contribution in [2.24, 2.45) is 0 Å². The number of alkyl halides is 3. The number of anilines is 1. The Morgan fingerprint density at radius 2 is 1.90 bits per heavy atom. The van der Waals surface area contributed by atoms with Crippen molar-refractivity contribution < 1.29 is 27.5 Å². The molecule has 0 bridgehead atoms. The van der Waals surface area contributed by atoms with E-state index in [2.05, 4.69) is 5.32 Å². The van der Waals surface area contributed by atoms with E-state index in [9.17, 15) is 22.8 Å². The molecule has 1 N–H and O–H groups in total. The number of carbonyl (C=O) groups is 2. The van der Waals surface area contributed by atoms with Gasteiger partial charge < -0.3 is 10.1 Å². The minimum Gasteiger partial charge on any atom is -0.497 e. The minimum atomic E-state index is -4.53. The number of carbonyl (C=O) groups excluding carboxylic acids is 2. The summed E-state index contributed by atoms with van der Waals surface area (Å²) in [5, 5.41) is 2.41. The topological polar surface area (TPSA) is 58.6 Å². The molecule has 0 spiro atoms. The Bertz CT molecular complexity index is 1050. The van der Waals surface area contributed by atoms with Crippen molar-refractivity contribution in [1.29, 1.82) is 0 Å². The van der Waals surface area contributed by atoms with E-state index in [1.165, 1.54) is 19.1 Å². The molecule has 2 aromatic carbocycles. The van der Waals surface area contributed by atoms with Gasteiger partial charge in [-0.05, 0) is 48.9 Å². The lowest BCUT2D eigenvalue weighted by atomic mass is 10.1. The predicted molar refractivity (Wildman–Crippen MR) is 118 cm³/mol. The molecule has 3 rings (SSSR count). The number of methoxy groups -OCH3 is 1. The summed E-state index contributed by atoms with van der Waals surface area (Å²) in [5.41, 5.74) is -0.153. The van der Waals surface area contributed by atoms with Crippen LogP contribution in [0.3, 0.4) is 0 Å². The molecule has 0 aliphatic carbocycles. The van der Waals surface area contributed by atoms with Crippen molar-refractivity contribution >= 4 is 51.9 Å². The average molecular weight is 467 g/mol. The highest BCUT2D eigenvalue weighted by Gasteiger charge is 2.38. The Labute approximate surface area is 186 Å². The van der Waals surface area contributed by atoms with Gasteiger partial charge in [0.25, 0.3) is 5.91 Å². The molecule has 0 aromatic heterocycles. The number of hydrogen-bond donors (Lipinski definition) is 1. The fourth-order valence-corrected chi connectivity index (χ4v) is 4.22. The van der Waals surface area contributed by atoms with E-state index in [-0.39, 0.29) is 10.0 Å². The number of ether oxygens (including phenoxy) is 1. The smallest absolute Gasteiger partial charge is 0.416 e. The van der Waals surface area contributed by atoms with Crippen molar-refractivity contribution in [2.75, 3.05) is 12.4 Å². The summed E-state index contributed by atoms with van der Waals surface area (Å²) in [6.45, 7) is 1.46. The van der Waals surface area contributed by atoms with Gasteiger partial charge in [0.1, 0.15) is 16.1 Å². The zero-order valence-corrected chi connectivity index (χ0v) is 18.0. The highest BCUT2D eigenvalue weighted by molar-refractivity contribution is 8.26. The van der Waals surface area contributed by atoms with Crippen LogP contribution in [0.15, 0.2) is 53.4 Å². The molecule has 1 aliphatic heterocycles. The van der Waals surface area contributed by atoms with Crippen LogP contribution in [0.2, 0.25) is 0 Å². The third-order valence-corrected chi connectivity index (χ3v) is 5.79. The fraction of sp³-hybridized carbons (Fsp3) is 0.190. The van der Waals surface area contributed by atoms with Crippen LogP contribution in [0.25, 0.3) is 6.08 Å². The molecule has 1 atom stereocenters. The highest BCUT2D eigenvalue weighted by Crippen LogP contribution is 2.35. The maximum Gasteiger partial charge on any atom is 0.416 e. The van der Waals surface area contributed by atoms with Gasteiger partial charge in [-0.1, -0.05) is 42.2 Å². The van der Waals surface area contributed by atoms with Crippen molar-refractivity contribution in [2.45, 2.75) is 19.1 Å². The molecule has 31 heavy (non-hydrogen) atoms. The lowest BCUT2D eigenvalue weighted by molar-refractivity contribution is -0.137. The highest BCUT2D eigenvalue weighted by atomic mass is 32.2. The molecule has 2 aromatic rings. The van der Waals surface area contributed by atoms with Crippen LogP contribution in [0, 0.1) is 0 Å². The second kappa shape index (κ2) is 9.11. The van der Waals surface area contributed by atoms with Gasteiger partial charge in [-0.15, -0.1) is 0 Å². The maximum atomic E-state index is 12.9. The summed E-state index contributed by atoms with van der Waals surface area (Å²) in [7, 11) is 1.55. The van der Waals surface area contributed by atoms with Gasteiger partial charge in [-0.2, -0.15) is 13.2 Å². The van der Waals surface area contributed by atoms with Gasteiger partial charge in [0.2, 0.25) is 5.91 Å². The Balaban J connectivity index is 1.74. The maximum absolute atomic E-state index is 12.9. The van der Waals surface area contributed by atoms with E-state index in [0.29, 0.717) is 10.7 Å². The molecular weight excluding hydrogens is 449 g/mol. The summed E-state index contributed by atoms with van der Waals surface area (Å²) in [4.78, 5) is 26.9. The van der Waals surface area contributed by atoms with Crippen molar-refractivity contribution in [1.82, 2.24) is 4.90 Å². The van der Waals surface area contributed by atoms with E-state index in [1.54, 1.807) is 37.5 Å². The third kappa shape index (κ3) is 5.26. The molecular formula is C21H17F3N2O3S2. The number of nitrogens with one attached hydrogen (secondary N) is 1. The normalized spacial score (nSPS) is 16.5. The molecule has 1 unspecified atom stereocenters. The first-order valence-corrected chi connectivity index (χ1v) is 10.2. The Morgan fingerprint density at radius 1 is 1.23 bits per heavy atom. The largest absolute Gasteiger partial charge is 0.497 e. The van der Waals surface area contributed by atoms with Crippen LogP contribution in [-0.2, 0) is 15.8 Å². The van der Waals surface area contributed by atoms with Gasteiger partial charge in [-0.3, -0.25) is 14.5 Å². The number of halogens is 3. The van der Waals surface area contributed by atoms with Gasteiger partial charge >= 0.3 is 6.18 Å². The first kappa shape index (κ1) is 22.8. The van der Waals surface area contributed by atoms with Crippen molar-refractivity contribution in [3.05, 3.63) is 64.6 Å². The average Bonchev–Trinajstić information content (AvgIpc) is 3.00. The van der Waals surface area contributed by atoms with Crippen molar-refractivity contribution in [3.8, 4) is 5.75 Å². The van der Waals surface area contributed by atoms with Gasteiger partial charge in [-0.25, -0.2) is 0 Å². The number of rotatable bonds is 5. The molecule has 5 nitrogen and oxygen atoms in total. The Morgan fingerprint density at radius 3 is 2.52 bits per heavy atom. The molecule has 1 heterocycles. The summed E-state index contributed by atoms with van der Waals surface area (Å²) in [6.07, 6.45) is -2.88. The summed E-state index contributed by atoms with van der Waals surface area (Å²) in [5.74, 6) is -0.427. The molecule has 1 aliphatic rings. The van der Waals surface area contributed by atoms with E-state index < -0.39 is 29.6 Å². The zero-order valence-electron chi connectivity index (χ0n) is 16.4. The second-order valence-corrected chi connectivity index (χ2v) is 8.24. The van der Waals surface area contributed by atoms with Crippen LogP contribution in [-0.4, -0.2) is 34.2 Å². The molecule has 1 fully saturated rings. The molecule has 0 saturated carbocycles. The standard InChI is InChI=1S/C21H17F3N2O3S2/c1-12(18(27)25-15-5-3-4-14(11-15)21(22,23)24)26-19(28)17(31-20(26)30)10-13-6-8-16(29-2)9-7-13/h3-12H,1-2H3,(H,25,27)/b17-10-. The van der Waals surface area contributed by atoms with Crippen LogP contribution in [0.5, 0.6) is 5.75 Å². The lowest BCUT2D eigenvalue weighted by Gasteiger charge is -2.22. The predicted octanol–water partition coefficient (Wildman–Crippen LogP) is 4.94. The van der Waals surface area contributed by atoms with Crippen LogP contribution in [0.1, 0.15) is 18.1 Å².